The van der Waals surface area contributed by atoms with Gasteiger partial charge >= 0.3 is 6.09 Å². The van der Waals surface area contributed by atoms with Crippen molar-refractivity contribution < 1.29 is 9.53 Å². The first kappa shape index (κ1) is 15.6. The van der Waals surface area contributed by atoms with Crippen LogP contribution < -0.4 is 4.90 Å². The fourth-order valence-corrected chi connectivity index (χ4v) is 2.67. The van der Waals surface area contributed by atoms with E-state index in [1.165, 1.54) is 0 Å². The van der Waals surface area contributed by atoms with Gasteiger partial charge in [0.25, 0.3) is 0 Å². The highest BCUT2D eigenvalue weighted by molar-refractivity contribution is 5.70. The molecule has 0 unspecified atom stereocenters. The van der Waals surface area contributed by atoms with Gasteiger partial charge in [-0.2, -0.15) is 0 Å². The zero-order valence-corrected chi connectivity index (χ0v) is 13.6. The second kappa shape index (κ2) is 5.92. The van der Waals surface area contributed by atoms with Gasteiger partial charge in [0, 0.05) is 32.4 Å². The minimum Gasteiger partial charge on any atom is -0.444 e. The number of hydrogen-bond donors (Lipinski definition) is 0. The molecule has 21 heavy (non-hydrogen) atoms. The van der Waals surface area contributed by atoms with Crippen molar-refractivity contribution in [2.45, 2.75) is 45.3 Å². The standard InChI is InChI=1S/C16H25N3O2/c1-16(2,3)21-15(20)19-11-7-9-13(19)12-8-6-10-17-14(12)18(4)5/h6,8,10,13H,7,9,11H2,1-5H3/t13-/m1/s1. The first-order valence-electron chi connectivity index (χ1n) is 7.41. The minimum atomic E-state index is -0.469. The lowest BCUT2D eigenvalue weighted by Crippen LogP contribution is -2.36. The molecule has 0 aliphatic carbocycles. The number of ether oxygens (including phenoxy) is 1. The largest absolute Gasteiger partial charge is 0.444 e. The maximum atomic E-state index is 12.4. The van der Waals surface area contributed by atoms with E-state index in [2.05, 4.69) is 11.1 Å². The second-order valence-corrected chi connectivity index (χ2v) is 6.64. The van der Waals surface area contributed by atoms with Gasteiger partial charge in [0.2, 0.25) is 0 Å². The lowest BCUT2D eigenvalue weighted by molar-refractivity contribution is 0.0224. The summed E-state index contributed by atoms with van der Waals surface area (Å²) in [7, 11) is 3.94. The van der Waals surface area contributed by atoms with Crippen LogP contribution in [0.4, 0.5) is 10.6 Å². The molecule has 1 fully saturated rings. The number of carbonyl (C=O) groups is 1. The van der Waals surface area contributed by atoms with Gasteiger partial charge in [0.15, 0.2) is 0 Å². The highest BCUT2D eigenvalue weighted by Crippen LogP contribution is 2.36. The molecule has 0 spiro atoms. The molecular formula is C16H25N3O2. The Morgan fingerprint density at radius 1 is 1.43 bits per heavy atom. The van der Waals surface area contributed by atoms with Gasteiger partial charge in [-0.3, -0.25) is 0 Å². The summed E-state index contributed by atoms with van der Waals surface area (Å²) in [6, 6.07) is 4.02. The summed E-state index contributed by atoms with van der Waals surface area (Å²) in [5, 5.41) is 0. The van der Waals surface area contributed by atoms with E-state index in [4.69, 9.17) is 4.74 Å². The molecule has 0 N–H and O–H groups in total. The average Bonchev–Trinajstić information content (AvgIpc) is 2.85. The minimum absolute atomic E-state index is 0.0472. The summed E-state index contributed by atoms with van der Waals surface area (Å²) in [5.41, 5.74) is 0.620. The average molecular weight is 291 g/mol. The van der Waals surface area contributed by atoms with E-state index >= 15 is 0 Å². The summed E-state index contributed by atoms with van der Waals surface area (Å²) in [6.45, 7) is 6.42. The zero-order chi connectivity index (χ0) is 15.6. The van der Waals surface area contributed by atoms with E-state index < -0.39 is 5.60 Å². The van der Waals surface area contributed by atoms with Crippen LogP contribution in [0.25, 0.3) is 0 Å². The van der Waals surface area contributed by atoms with Crippen molar-refractivity contribution in [1.82, 2.24) is 9.88 Å². The summed E-state index contributed by atoms with van der Waals surface area (Å²) in [5.74, 6) is 0.915. The Bertz CT molecular complexity index is 508. The number of hydrogen-bond acceptors (Lipinski definition) is 4. The molecule has 1 aromatic heterocycles. The highest BCUT2D eigenvalue weighted by atomic mass is 16.6. The topological polar surface area (TPSA) is 45.7 Å². The molecule has 0 saturated carbocycles. The van der Waals surface area contributed by atoms with Crippen LogP contribution in [-0.4, -0.2) is 42.2 Å². The number of likely N-dealkylation sites (tertiary alicyclic amines) is 1. The third kappa shape index (κ3) is 3.65. The van der Waals surface area contributed by atoms with Gasteiger partial charge in [0.1, 0.15) is 11.4 Å². The number of rotatable bonds is 2. The van der Waals surface area contributed by atoms with Crippen LogP contribution >= 0.6 is 0 Å². The molecule has 2 rings (SSSR count). The Balaban J connectivity index is 2.25. The van der Waals surface area contributed by atoms with Gasteiger partial charge in [-0.25, -0.2) is 9.78 Å². The number of anilines is 1. The molecule has 1 saturated heterocycles. The molecule has 116 valence electrons. The van der Waals surface area contributed by atoms with Gasteiger partial charge in [-0.05, 0) is 39.7 Å². The Hall–Kier alpha value is -1.78. The van der Waals surface area contributed by atoms with Gasteiger partial charge in [-0.15, -0.1) is 0 Å². The number of aromatic nitrogens is 1. The summed E-state index contributed by atoms with van der Waals surface area (Å²) in [6.07, 6.45) is 3.49. The zero-order valence-electron chi connectivity index (χ0n) is 13.6. The van der Waals surface area contributed by atoms with Gasteiger partial charge < -0.3 is 14.5 Å². The number of nitrogens with zero attached hydrogens (tertiary/aromatic N) is 3. The smallest absolute Gasteiger partial charge is 0.410 e. The SMILES string of the molecule is CN(C)c1ncccc1[C@H]1CCCN1C(=O)OC(C)(C)C. The Labute approximate surface area is 126 Å². The molecule has 5 nitrogen and oxygen atoms in total. The summed E-state index contributed by atoms with van der Waals surface area (Å²) in [4.78, 5) is 20.6. The summed E-state index contributed by atoms with van der Waals surface area (Å²) >= 11 is 0. The maximum absolute atomic E-state index is 12.4. The molecule has 1 atom stereocenters. The Morgan fingerprint density at radius 3 is 2.76 bits per heavy atom. The third-order valence-electron chi connectivity index (χ3n) is 3.48. The van der Waals surface area contributed by atoms with E-state index in [-0.39, 0.29) is 12.1 Å². The molecular weight excluding hydrogens is 266 g/mol. The van der Waals surface area contributed by atoms with E-state index in [0.29, 0.717) is 0 Å². The Morgan fingerprint density at radius 2 is 2.14 bits per heavy atom. The van der Waals surface area contributed by atoms with E-state index in [1.54, 1.807) is 6.20 Å². The van der Waals surface area contributed by atoms with Gasteiger partial charge in [-0.1, -0.05) is 6.07 Å². The maximum Gasteiger partial charge on any atom is 0.410 e. The molecule has 1 aromatic rings. The van der Waals surface area contributed by atoms with E-state index in [0.717, 1.165) is 30.8 Å². The fraction of sp³-hybridized carbons (Fsp3) is 0.625. The van der Waals surface area contributed by atoms with Crippen LogP contribution in [0.3, 0.4) is 0 Å². The van der Waals surface area contributed by atoms with Crippen molar-refractivity contribution in [3.05, 3.63) is 23.9 Å². The third-order valence-corrected chi connectivity index (χ3v) is 3.48. The molecule has 2 heterocycles. The van der Waals surface area contributed by atoms with Crippen LogP contribution in [0.5, 0.6) is 0 Å². The van der Waals surface area contributed by atoms with Crippen molar-refractivity contribution in [3.63, 3.8) is 0 Å². The molecule has 0 bridgehead atoms. The van der Waals surface area contributed by atoms with Crippen molar-refractivity contribution in [1.29, 1.82) is 0 Å². The van der Waals surface area contributed by atoms with Crippen molar-refractivity contribution >= 4 is 11.9 Å². The molecule has 0 radical (unpaired) electrons. The van der Waals surface area contributed by atoms with Crippen LogP contribution in [0, 0.1) is 0 Å². The molecule has 1 amide bonds. The van der Waals surface area contributed by atoms with Crippen LogP contribution in [0.15, 0.2) is 18.3 Å². The predicted molar refractivity (Wildman–Crippen MR) is 83.5 cm³/mol. The van der Waals surface area contributed by atoms with Crippen molar-refractivity contribution in [2.75, 3.05) is 25.5 Å². The second-order valence-electron chi connectivity index (χ2n) is 6.64. The van der Waals surface area contributed by atoms with E-state index in [9.17, 15) is 4.79 Å². The van der Waals surface area contributed by atoms with Crippen LogP contribution in [0.1, 0.15) is 45.2 Å². The number of carbonyl (C=O) groups excluding carboxylic acids is 1. The monoisotopic (exact) mass is 291 g/mol. The lowest BCUT2D eigenvalue weighted by Gasteiger charge is -2.30. The molecule has 5 heteroatoms. The van der Waals surface area contributed by atoms with Gasteiger partial charge in [0.05, 0.1) is 6.04 Å². The molecule has 1 aliphatic heterocycles. The highest BCUT2D eigenvalue weighted by Gasteiger charge is 2.34. The number of amides is 1. The first-order chi connectivity index (χ1) is 9.79. The van der Waals surface area contributed by atoms with Crippen LogP contribution in [0.2, 0.25) is 0 Å². The predicted octanol–water partition coefficient (Wildman–Crippen LogP) is 3.22. The fourth-order valence-electron chi connectivity index (χ4n) is 2.67. The quantitative estimate of drug-likeness (QED) is 0.839. The van der Waals surface area contributed by atoms with Crippen molar-refractivity contribution in [2.24, 2.45) is 0 Å². The Kier molecular flexibility index (Phi) is 4.40. The normalized spacial score (nSPS) is 18.7. The van der Waals surface area contributed by atoms with E-state index in [1.807, 2.05) is 50.7 Å². The number of pyridine rings is 1. The van der Waals surface area contributed by atoms with Crippen molar-refractivity contribution in [3.8, 4) is 0 Å². The lowest BCUT2D eigenvalue weighted by atomic mass is 10.1. The first-order valence-corrected chi connectivity index (χ1v) is 7.41. The molecule has 0 aromatic carbocycles. The molecule has 1 aliphatic rings. The summed E-state index contributed by atoms with van der Waals surface area (Å²) < 4.78 is 5.53. The van der Waals surface area contributed by atoms with Crippen LogP contribution in [-0.2, 0) is 4.74 Å².